The van der Waals surface area contributed by atoms with E-state index in [1.807, 2.05) is 30.3 Å². The maximum absolute atomic E-state index is 12.2. The molecule has 100 valence electrons. The van der Waals surface area contributed by atoms with E-state index in [0.29, 0.717) is 11.3 Å². The van der Waals surface area contributed by atoms with Crippen LogP contribution in [0.2, 0.25) is 5.15 Å². The molecular weight excluding hydrogens is 276 g/mol. The third kappa shape index (κ3) is 1.94. The lowest BCUT2D eigenvalue weighted by Gasteiger charge is -2.07. The van der Waals surface area contributed by atoms with Crippen LogP contribution in [0.3, 0.4) is 0 Å². The number of aromatic amines is 1. The second-order valence-corrected chi connectivity index (χ2v) is 4.92. The van der Waals surface area contributed by atoms with Gasteiger partial charge in [0, 0.05) is 0 Å². The van der Waals surface area contributed by atoms with E-state index in [4.69, 9.17) is 11.6 Å². The highest BCUT2D eigenvalue weighted by Gasteiger charge is 2.10. The van der Waals surface area contributed by atoms with E-state index >= 15 is 0 Å². The van der Waals surface area contributed by atoms with Crippen molar-refractivity contribution in [2.75, 3.05) is 0 Å². The summed E-state index contributed by atoms with van der Waals surface area (Å²) in [7, 11) is 0. The number of halogens is 1. The Morgan fingerprint density at radius 3 is 2.50 bits per heavy atom. The minimum Gasteiger partial charge on any atom is -0.297 e. The molecule has 0 spiro atoms. The first kappa shape index (κ1) is 12.7. The van der Waals surface area contributed by atoms with Crippen molar-refractivity contribution in [2.45, 2.75) is 6.92 Å². The first-order valence-corrected chi connectivity index (χ1v) is 6.46. The largest absolute Gasteiger partial charge is 0.334 e. The van der Waals surface area contributed by atoms with Crippen LogP contribution >= 0.6 is 11.6 Å². The number of rotatable bonds is 1. The van der Waals surface area contributed by atoms with Gasteiger partial charge in [0.15, 0.2) is 0 Å². The molecule has 0 aliphatic carbocycles. The molecule has 0 bridgehead atoms. The standard InChI is InChI=1S/C15H11ClN2O2/c1-9-13(16)17-15(20)18(14(9)19)12-7-6-10-4-2-3-5-11(10)8-12/h2-8H,1H3,(H,17,20). The van der Waals surface area contributed by atoms with Crippen LogP contribution in [0.15, 0.2) is 52.1 Å². The normalized spacial score (nSPS) is 10.9. The van der Waals surface area contributed by atoms with Crippen LogP contribution in [0, 0.1) is 6.92 Å². The number of nitrogens with one attached hydrogen (secondary N) is 1. The number of H-pyrrole nitrogens is 1. The van der Waals surface area contributed by atoms with Gasteiger partial charge in [0.05, 0.1) is 11.3 Å². The fourth-order valence-electron chi connectivity index (χ4n) is 2.15. The Bertz CT molecular complexity index is 925. The number of hydrogen-bond acceptors (Lipinski definition) is 2. The predicted molar refractivity (Wildman–Crippen MR) is 79.9 cm³/mol. The lowest BCUT2D eigenvalue weighted by atomic mass is 10.1. The minimum absolute atomic E-state index is 0.0806. The molecule has 0 atom stereocenters. The Labute approximate surface area is 119 Å². The SMILES string of the molecule is Cc1c(Cl)[nH]c(=O)n(-c2ccc3ccccc3c2)c1=O. The first-order valence-electron chi connectivity index (χ1n) is 6.08. The van der Waals surface area contributed by atoms with Crippen LogP contribution in [0.1, 0.15) is 5.56 Å². The molecule has 20 heavy (non-hydrogen) atoms. The van der Waals surface area contributed by atoms with E-state index in [1.165, 1.54) is 0 Å². The Balaban J connectivity index is 2.34. The topological polar surface area (TPSA) is 54.9 Å². The molecule has 5 heteroatoms. The van der Waals surface area contributed by atoms with Crippen molar-refractivity contribution in [3.05, 3.63) is 74.0 Å². The van der Waals surface area contributed by atoms with Crippen molar-refractivity contribution in [3.63, 3.8) is 0 Å². The summed E-state index contributed by atoms with van der Waals surface area (Å²) in [6, 6.07) is 13.2. The van der Waals surface area contributed by atoms with Crippen molar-refractivity contribution in [1.29, 1.82) is 0 Å². The molecule has 0 saturated carbocycles. The minimum atomic E-state index is -0.541. The van der Waals surface area contributed by atoms with E-state index in [9.17, 15) is 9.59 Å². The second kappa shape index (κ2) is 4.65. The third-order valence-electron chi connectivity index (χ3n) is 3.26. The van der Waals surface area contributed by atoms with Gasteiger partial charge in [-0.1, -0.05) is 41.9 Å². The highest BCUT2D eigenvalue weighted by molar-refractivity contribution is 6.30. The van der Waals surface area contributed by atoms with Crippen LogP contribution in [-0.4, -0.2) is 9.55 Å². The predicted octanol–water partition coefficient (Wildman–Crippen LogP) is 2.64. The second-order valence-electron chi connectivity index (χ2n) is 4.54. The highest BCUT2D eigenvalue weighted by atomic mass is 35.5. The molecule has 0 amide bonds. The maximum Gasteiger partial charge on any atom is 0.334 e. The molecule has 2 aromatic carbocycles. The molecule has 4 nitrogen and oxygen atoms in total. The van der Waals surface area contributed by atoms with E-state index < -0.39 is 11.2 Å². The molecule has 0 unspecified atom stereocenters. The Morgan fingerprint density at radius 2 is 1.75 bits per heavy atom. The van der Waals surface area contributed by atoms with Crippen LogP contribution in [0.4, 0.5) is 0 Å². The van der Waals surface area contributed by atoms with E-state index in [1.54, 1.807) is 19.1 Å². The van der Waals surface area contributed by atoms with Crippen LogP contribution in [0.25, 0.3) is 16.5 Å². The zero-order chi connectivity index (χ0) is 14.3. The van der Waals surface area contributed by atoms with E-state index in [2.05, 4.69) is 4.98 Å². The van der Waals surface area contributed by atoms with E-state index in [0.717, 1.165) is 15.3 Å². The number of hydrogen-bond donors (Lipinski definition) is 1. The van der Waals surface area contributed by atoms with Crippen LogP contribution in [-0.2, 0) is 0 Å². The summed E-state index contributed by atoms with van der Waals surface area (Å²) in [4.78, 5) is 26.6. The summed E-state index contributed by atoms with van der Waals surface area (Å²) in [6.07, 6.45) is 0. The lowest BCUT2D eigenvalue weighted by molar-refractivity contribution is 0.861. The van der Waals surface area contributed by atoms with Crippen LogP contribution < -0.4 is 11.2 Å². The summed E-state index contributed by atoms with van der Waals surface area (Å²) >= 11 is 5.80. The first-order chi connectivity index (χ1) is 9.58. The van der Waals surface area contributed by atoms with Gasteiger partial charge < -0.3 is 0 Å². The van der Waals surface area contributed by atoms with Crippen molar-refractivity contribution in [1.82, 2.24) is 9.55 Å². The Kier molecular flexibility index (Phi) is 2.95. The third-order valence-corrected chi connectivity index (χ3v) is 3.64. The van der Waals surface area contributed by atoms with Crippen molar-refractivity contribution in [2.24, 2.45) is 0 Å². The zero-order valence-corrected chi connectivity index (χ0v) is 11.4. The average Bonchev–Trinajstić information content (AvgIpc) is 2.45. The van der Waals surface area contributed by atoms with Gasteiger partial charge in [0.1, 0.15) is 5.15 Å². The maximum atomic E-state index is 12.2. The van der Waals surface area contributed by atoms with Gasteiger partial charge in [-0.15, -0.1) is 0 Å². The number of nitrogens with zero attached hydrogens (tertiary/aromatic N) is 1. The molecule has 3 rings (SSSR count). The Hall–Kier alpha value is -2.33. The molecule has 0 fully saturated rings. The fraction of sp³-hybridized carbons (Fsp3) is 0.0667. The lowest BCUT2D eigenvalue weighted by Crippen LogP contribution is -2.35. The summed E-state index contributed by atoms with van der Waals surface area (Å²) in [5.74, 6) is 0. The van der Waals surface area contributed by atoms with Gasteiger partial charge in [-0.25, -0.2) is 9.36 Å². The average molecular weight is 287 g/mol. The number of aromatic nitrogens is 2. The molecule has 1 N–H and O–H groups in total. The fourth-order valence-corrected chi connectivity index (χ4v) is 2.31. The Morgan fingerprint density at radius 1 is 1.05 bits per heavy atom. The number of fused-ring (bicyclic) bond motifs is 1. The molecule has 0 saturated heterocycles. The summed E-state index contributed by atoms with van der Waals surface area (Å²) in [5.41, 5.74) is -0.107. The van der Waals surface area contributed by atoms with Gasteiger partial charge in [0.2, 0.25) is 0 Å². The molecule has 1 aromatic heterocycles. The van der Waals surface area contributed by atoms with Crippen molar-refractivity contribution >= 4 is 22.4 Å². The van der Waals surface area contributed by atoms with Gasteiger partial charge >= 0.3 is 5.69 Å². The van der Waals surface area contributed by atoms with Gasteiger partial charge in [0.25, 0.3) is 5.56 Å². The molecule has 0 radical (unpaired) electrons. The monoisotopic (exact) mass is 286 g/mol. The molecular formula is C15H11ClN2O2. The summed E-state index contributed by atoms with van der Waals surface area (Å²) in [5, 5.41) is 2.09. The molecule has 3 aromatic rings. The zero-order valence-electron chi connectivity index (χ0n) is 10.7. The van der Waals surface area contributed by atoms with Crippen LogP contribution in [0.5, 0.6) is 0 Å². The van der Waals surface area contributed by atoms with Crippen molar-refractivity contribution in [3.8, 4) is 5.69 Å². The summed E-state index contributed by atoms with van der Waals surface area (Å²) < 4.78 is 1.09. The quantitative estimate of drug-likeness (QED) is 0.699. The van der Waals surface area contributed by atoms with Gasteiger partial charge in [-0.2, -0.15) is 0 Å². The van der Waals surface area contributed by atoms with Gasteiger partial charge in [-0.3, -0.25) is 9.78 Å². The molecule has 0 aliphatic rings. The molecule has 0 aliphatic heterocycles. The molecule has 1 heterocycles. The number of benzene rings is 2. The summed E-state index contributed by atoms with van der Waals surface area (Å²) in [6.45, 7) is 1.58. The highest BCUT2D eigenvalue weighted by Crippen LogP contribution is 2.17. The van der Waals surface area contributed by atoms with Gasteiger partial charge in [-0.05, 0) is 29.8 Å². The smallest absolute Gasteiger partial charge is 0.297 e. The van der Waals surface area contributed by atoms with E-state index in [-0.39, 0.29) is 5.15 Å². The van der Waals surface area contributed by atoms with Crippen molar-refractivity contribution < 1.29 is 0 Å².